The van der Waals surface area contributed by atoms with Gasteiger partial charge in [-0.1, -0.05) is 30.5 Å². The maximum atomic E-state index is 12.0. The van der Waals surface area contributed by atoms with Crippen LogP contribution in [0.4, 0.5) is 0 Å². The minimum absolute atomic E-state index is 0.0845. The van der Waals surface area contributed by atoms with Crippen molar-refractivity contribution in [1.29, 1.82) is 0 Å². The maximum Gasteiger partial charge on any atom is 0.308 e. The van der Waals surface area contributed by atoms with Crippen molar-refractivity contribution in [2.45, 2.75) is 43.5 Å². The Hall–Kier alpha value is -1.49. The average molecular weight is 307 g/mol. The number of carbonyl (C=O) groups excluding carboxylic acids is 1. The number of hydrogen-bond acceptors (Lipinski definition) is 3. The zero-order valence-electron chi connectivity index (χ0n) is 12.2. The zero-order chi connectivity index (χ0) is 15.2. The summed E-state index contributed by atoms with van der Waals surface area (Å²) < 4.78 is 0. The first kappa shape index (κ1) is 15.9. The summed E-state index contributed by atoms with van der Waals surface area (Å²) >= 11 is 1.48. The van der Waals surface area contributed by atoms with Crippen LogP contribution in [0.25, 0.3) is 0 Å². The van der Waals surface area contributed by atoms with E-state index < -0.39 is 11.9 Å². The van der Waals surface area contributed by atoms with Crippen molar-refractivity contribution < 1.29 is 14.7 Å². The Balaban J connectivity index is 1.83. The second kappa shape index (κ2) is 7.50. The van der Waals surface area contributed by atoms with Gasteiger partial charge in [0.15, 0.2) is 0 Å². The molecule has 2 atom stereocenters. The van der Waals surface area contributed by atoms with Crippen molar-refractivity contribution in [1.82, 2.24) is 5.32 Å². The van der Waals surface area contributed by atoms with Crippen LogP contribution in [-0.2, 0) is 9.59 Å². The monoisotopic (exact) mass is 307 g/mol. The molecule has 1 saturated carbocycles. The highest BCUT2D eigenvalue weighted by atomic mass is 32.2. The van der Waals surface area contributed by atoms with E-state index in [0.717, 1.165) is 24.2 Å². The highest BCUT2D eigenvalue weighted by Crippen LogP contribution is 2.25. The van der Waals surface area contributed by atoms with E-state index in [1.54, 1.807) is 0 Å². The van der Waals surface area contributed by atoms with E-state index in [9.17, 15) is 14.7 Å². The first-order valence-electron chi connectivity index (χ1n) is 7.28. The third-order valence-electron chi connectivity index (χ3n) is 3.82. The number of aliphatic carboxylic acids is 1. The molecule has 0 spiro atoms. The summed E-state index contributed by atoms with van der Waals surface area (Å²) in [5.41, 5.74) is 1.19. The van der Waals surface area contributed by atoms with Crippen molar-refractivity contribution in [2.24, 2.45) is 5.92 Å². The largest absolute Gasteiger partial charge is 0.481 e. The summed E-state index contributed by atoms with van der Waals surface area (Å²) in [6, 6.07) is 7.80. The number of hydrogen-bond donors (Lipinski definition) is 2. The number of aryl methyl sites for hydroxylation is 1. The molecule has 0 radical (unpaired) electrons. The van der Waals surface area contributed by atoms with Crippen LogP contribution >= 0.6 is 11.8 Å². The maximum absolute atomic E-state index is 12.0. The summed E-state index contributed by atoms with van der Waals surface area (Å²) in [6.45, 7) is 2.02. The first-order chi connectivity index (χ1) is 10.1. The van der Waals surface area contributed by atoms with Crippen molar-refractivity contribution in [3.05, 3.63) is 29.8 Å². The molecule has 114 valence electrons. The van der Waals surface area contributed by atoms with Crippen LogP contribution in [-0.4, -0.2) is 28.8 Å². The molecule has 1 fully saturated rings. The van der Waals surface area contributed by atoms with Gasteiger partial charge in [0.2, 0.25) is 5.91 Å². The second-order valence-corrected chi connectivity index (χ2v) is 6.55. The Bertz CT molecular complexity index is 501. The van der Waals surface area contributed by atoms with Gasteiger partial charge in [0.1, 0.15) is 0 Å². The van der Waals surface area contributed by atoms with Gasteiger partial charge in [-0.15, -0.1) is 11.8 Å². The molecule has 4 nitrogen and oxygen atoms in total. The fourth-order valence-corrected chi connectivity index (χ4v) is 3.34. The highest BCUT2D eigenvalue weighted by molar-refractivity contribution is 8.00. The van der Waals surface area contributed by atoms with Gasteiger partial charge in [-0.25, -0.2) is 0 Å². The predicted octanol–water partition coefficient (Wildman–Crippen LogP) is 2.85. The van der Waals surface area contributed by atoms with Crippen LogP contribution in [0.5, 0.6) is 0 Å². The summed E-state index contributed by atoms with van der Waals surface area (Å²) in [7, 11) is 0. The van der Waals surface area contributed by atoms with Gasteiger partial charge in [-0.05, 0) is 31.9 Å². The average Bonchev–Trinajstić information content (AvgIpc) is 2.47. The van der Waals surface area contributed by atoms with E-state index in [2.05, 4.69) is 5.32 Å². The zero-order valence-corrected chi connectivity index (χ0v) is 13.0. The van der Waals surface area contributed by atoms with Crippen molar-refractivity contribution in [2.75, 3.05) is 5.75 Å². The van der Waals surface area contributed by atoms with Crippen LogP contribution in [0.3, 0.4) is 0 Å². The van der Waals surface area contributed by atoms with Crippen molar-refractivity contribution in [3.8, 4) is 0 Å². The number of rotatable bonds is 5. The Kier molecular flexibility index (Phi) is 5.67. The summed E-state index contributed by atoms with van der Waals surface area (Å²) in [4.78, 5) is 24.2. The number of amides is 1. The van der Waals surface area contributed by atoms with Crippen LogP contribution in [0.15, 0.2) is 29.2 Å². The molecule has 1 amide bonds. The number of carbonyl (C=O) groups is 2. The Morgan fingerprint density at radius 1 is 1.24 bits per heavy atom. The molecule has 1 aromatic carbocycles. The fraction of sp³-hybridized carbons (Fsp3) is 0.500. The molecule has 5 heteroatoms. The molecule has 0 saturated heterocycles. The van der Waals surface area contributed by atoms with E-state index in [-0.39, 0.29) is 11.9 Å². The number of carboxylic acids is 1. The Labute approximate surface area is 129 Å². The van der Waals surface area contributed by atoms with Crippen LogP contribution in [0.1, 0.15) is 31.2 Å². The molecule has 21 heavy (non-hydrogen) atoms. The number of benzene rings is 1. The van der Waals surface area contributed by atoms with Crippen LogP contribution in [0, 0.1) is 12.8 Å². The summed E-state index contributed by atoms with van der Waals surface area (Å²) in [5, 5.41) is 12.1. The molecule has 2 unspecified atom stereocenters. The normalized spacial score (nSPS) is 21.8. The van der Waals surface area contributed by atoms with Crippen molar-refractivity contribution >= 4 is 23.6 Å². The van der Waals surface area contributed by atoms with Crippen LogP contribution < -0.4 is 5.32 Å². The lowest BCUT2D eigenvalue weighted by molar-refractivity contribution is -0.144. The standard InChI is InChI=1S/C16H21NO3S/c1-11-6-8-12(9-7-11)21-10-15(18)17-14-5-3-2-4-13(14)16(19)20/h6-9,13-14H,2-5,10H2,1H3,(H,17,18)(H,19,20). The third-order valence-corrected chi connectivity index (χ3v) is 4.83. The molecule has 0 aliphatic heterocycles. The van der Waals surface area contributed by atoms with Gasteiger partial charge in [-0.3, -0.25) is 9.59 Å². The molecule has 1 aromatic rings. The highest BCUT2D eigenvalue weighted by Gasteiger charge is 2.31. The Morgan fingerprint density at radius 2 is 1.90 bits per heavy atom. The predicted molar refractivity (Wildman–Crippen MR) is 83.4 cm³/mol. The molecule has 2 rings (SSSR count). The number of thioether (sulfide) groups is 1. The topological polar surface area (TPSA) is 66.4 Å². The smallest absolute Gasteiger partial charge is 0.308 e. The van der Waals surface area contributed by atoms with Gasteiger partial charge in [0.25, 0.3) is 0 Å². The van der Waals surface area contributed by atoms with Gasteiger partial charge in [0, 0.05) is 10.9 Å². The van der Waals surface area contributed by atoms with E-state index >= 15 is 0 Å². The molecule has 2 N–H and O–H groups in total. The molecule has 1 aliphatic carbocycles. The first-order valence-corrected chi connectivity index (χ1v) is 8.26. The van der Waals surface area contributed by atoms with Gasteiger partial charge >= 0.3 is 5.97 Å². The van der Waals surface area contributed by atoms with Gasteiger partial charge in [0.05, 0.1) is 11.7 Å². The number of nitrogens with one attached hydrogen (secondary N) is 1. The Morgan fingerprint density at radius 3 is 2.57 bits per heavy atom. The van der Waals surface area contributed by atoms with Crippen molar-refractivity contribution in [3.63, 3.8) is 0 Å². The number of carboxylic acid groups (broad SMARTS) is 1. The second-order valence-electron chi connectivity index (χ2n) is 5.50. The van der Waals surface area contributed by atoms with E-state index in [4.69, 9.17) is 0 Å². The van der Waals surface area contributed by atoms with E-state index in [1.807, 2.05) is 31.2 Å². The molecule has 1 aliphatic rings. The quantitative estimate of drug-likeness (QED) is 0.821. The molecular formula is C16H21NO3S. The van der Waals surface area contributed by atoms with Gasteiger partial charge < -0.3 is 10.4 Å². The molecule has 0 bridgehead atoms. The summed E-state index contributed by atoms with van der Waals surface area (Å²) in [5.74, 6) is -0.997. The van der Waals surface area contributed by atoms with E-state index in [1.165, 1.54) is 17.3 Å². The van der Waals surface area contributed by atoms with Crippen LogP contribution in [0.2, 0.25) is 0 Å². The lowest BCUT2D eigenvalue weighted by Gasteiger charge is -2.29. The molecule has 0 aromatic heterocycles. The lowest BCUT2D eigenvalue weighted by Crippen LogP contribution is -2.45. The molecule has 0 heterocycles. The minimum Gasteiger partial charge on any atom is -0.481 e. The third kappa shape index (κ3) is 4.77. The lowest BCUT2D eigenvalue weighted by atomic mass is 9.84. The molecular weight excluding hydrogens is 286 g/mol. The van der Waals surface area contributed by atoms with E-state index in [0.29, 0.717) is 12.2 Å². The van der Waals surface area contributed by atoms with Gasteiger partial charge in [-0.2, -0.15) is 0 Å². The SMILES string of the molecule is Cc1ccc(SCC(=O)NC2CCCCC2C(=O)O)cc1. The summed E-state index contributed by atoms with van der Waals surface area (Å²) in [6.07, 6.45) is 3.34. The fourth-order valence-electron chi connectivity index (χ4n) is 2.63. The minimum atomic E-state index is -0.800.